The van der Waals surface area contributed by atoms with Gasteiger partial charge in [0.1, 0.15) is 10.8 Å². The molecule has 0 bridgehead atoms. The lowest BCUT2D eigenvalue weighted by molar-refractivity contribution is 0.0996. The summed E-state index contributed by atoms with van der Waals surface area (Å²) >= 11 is 1.65. The summed E-state index contributed by atoms with van der Waals surface area (Å²) in [6.07, 6.45) is 2.45. The van der Waals surface area contributed by atoms with Gasteiger partial charge in [-0.05, 0) is 56.3 Å². The van der Waals surface area contributed by atoms with Gasteiger partial charge in [-0.2, -0.15) is 0 Å². The van der Waals surface area contributed by atoms with E-state index in [2.05, 4.69) is 47.3 Å². The van der Waals surface area contributed by atoms with Crippen molar-refractivity contribution in [2.45, 2.75) is 26.3 Å². The smallest absolute Gasteiger partial charge is 0.291 e. The van der Waals surface area contributed by atoms with Gasteiger partial charge in [0, 0.05) is 36.6 Å². The molecule has 4 rings (SSSR count). The molecule has 2 aromatic heterocycles. The molecule has 1 aliphatic heterocycles. The third-order valence-electron chi connectivity index (χ3n) is 5.84. The molecule has 3 aromatic rings. The molecule has 32 heavy (non-hydrogen) atoms. The molecule has 1 fully saturated rings. The SMILES string of the molecule is CCOc1ccc([C@H](c2cc(CC)sc2NC(=O)c2ccco2)N2CCN(C)CC2)cc1. The Morgan fingerprint density at radius 3 is 2.53 bits per heavy atom. The first kappa shape index (κ1) is 22.6. The molecule has 3 heterocycles. The van der Waals surface area contributed by atoms with Crippen LogP contribution in [0.3, 0.4) is 0 Å². The highest BCUT2D eigenvalue weighted by molar-refractivity contribution is 7.16. The van der Waals surface area contributed by atoms with Gasteiger partial charge in [0.2, 0.25) is 0 Å². The fourth-order valence-corrected chi connectivity index (χ4v) is 5.11. The summed E-state index contributed by atoms with van der Waals surface area (Å²) in [7, 11) is 2.16. The first-order chi connectivity index (χ1) is 15.6. The number of hydrogen-bond donors (Lipinski definition) is 1. The number of anilines is 1. The van der Waals surface area contributed by atoms with Gasteiger partial charge in [-0.25, -0.2) is 0 Å². The summed E-state index contributed by atoms with van der Waals surface area (Å²) in [5.41, 5.74) is 2.34. The quantitative estimate of drug-likeness (QED) is 0.526. The Kier molecular flexibility index (Phi) is 7.29. The average molecular weight is 454 g/mol. The third kappa shape index (κ3) is 5.06. The Morgan fingerprint density at radius 1 is 1.16 bits per heavy atom. The van der Waals surface area contributed by atoms with Crippen LogP contribution in [0.1, 0.15) is 46.4 Å². The zero-order valence-corrected chi connectivity index (χ0v) is 19.8. The van der Waals surface area contributed by atoms with E-state index in [0.717, 1.165) is 48.9 Å². The summed E-state index contributed by atoms with van der Waals surface area (Å²) in [5.74, 6) is 0.975. The van der Waals surface area contributed by atoms with Crippen molar-refractivity contribution in [3.8, 4) is 5.75 Å². The summed E-state index contributed by atoms with van der Waals surface area (Å²) in [5, 5.41) is 4.01. The minimum atomic E-state index is -0.218. The van der Waals surface area contributed by atoms with Gasteiger partial charge < -0.3 is 19.4 Å². The maximum absolute atomic E-state index is 12.8. The van der Waals surface area contributed by atoms with Crippen molar-refractivity contribution in [3.63, 3.8) is 0 Å². The van der Waals surface area contributed by atoms with Crippen LogP contribution in [0.5, 0.6) is 5.75 Å². The molecule has 0 radical (unpaired) electrons. The molecule has 0 aliphatic carbocycles. The number of nitrogens with zero attached hydrogens (tertiary/aromatic N) is 2. The Labute approximate surface area is 193 Å². The van der Waals surface area contributed by atoms with Crippen LogP contribution in [0.4, 0.5) is 5.00 Å². The minimum absolute atomic E-state index is 0.0582. The number of benzene rings is 1. The van der Waals surface area contributed by atoms with E-state index in [1.165, 1.54) is 16.7 Å². The van der Waals surface area contributed by atoms with Crippen LogP contribution in [0.25, 0.3) is 0 Å². The van der Waals surface area contributed by atoms with Gasteiger partial charge in [0.25, 0.3) is 5.91 Å². The predicted molar refractivity (Wildman–Crippen MR) is 129 cm³/mol. The monoisotopic (exact) mass is 453 g/mol. The van der Waals surface area contributed by atoms with E-state index in [1.54, 1.807) is 23.5 Å². The van der Waals surface area contributed by atoms with Crippen LogP contribution >= 0.6 is 11.3 Å². The molecule has 1 amide bonds. The Bertz CT molecular complexity index is 1010. The second-order valence-corrected chi connectivity index (χ2v) is 9.16. The number of hydrogen-bond acceptors (Lipinski definition) is 6. The molecule has 6 nitrogen and oxygen atoms in total. The lowest BCUT2D eigenvalue weighted by atomic mass is 9.97. The normalized spacial score (nSPS) is 16.1. The van der Waals surface area contributed by atoms with Gasteiger partial charge in [-0.1, -0.05) is 19.1 Å². The second-order valence-electron chi connectivity index (χ2n) is 8.03. The Hall–Kier alpha value is -2.61. The highest BCUT2D eigenvalue weighted by atomic mass is 32.1. The molecule has 0 saturated carbocycles. The van der Waals surface area contributed by atoms with Crippen molar-refractivity contribution in [3.05, 3.63) is 70.5 Å². The van der Waals surface area contributed by atoms with Gasteiger partial charge in [0.15, 0.2) is 5.76 Å². The number of aryl methyl sites for hydroxylation is 1. The number of amides is 1. The summed E-state index contributed by atoms with van der Waals surface area (Å²) in [6.45, 7) is 8.77. The van der Waals surface area contributed by atoms with Gasteiger partial charge in [0.05, 0.1) is 18.9 Å². The van der Waals surface area contributed by atoms with Crippen LogP contribution in [-0.4, -0.2) is 55.5 Å². The maximum atomic E-state index is 12.8. The van der Waals surface area contributed by atoms with E-state index in [9.17, 15) is 4.79 Å². The first-order valence-electron chi connectivity index (χ1n) is 11.2. The molecule has 1 aliphatic rings. The summed E-state index contributed by atoms with van der Waals surface area (Å²) in [6, 6.07) is 14.1. The van der Waals surface area contributed by atoms with Gasteiger partial charge in [-0.15, -0.1) is 11.3 Å². The summed E-state index contributed by atoms with van der Waals surface area (Å²) in [4.78, 5) is 18.9. The number of rotatable bonds is 8. The zero-order valence-electron chi connectivity index (χ0n) is 19.0. The van der Waals surface area contributed by atoms with Crippen molar-refractivity contribution >= 4 is 22.2 Å². The number of carbonyl (C=O) groups excluding carboxylic acids is 1. The number of carbonyl (C=O) groups is 1. The largest absolute Gasteiger partial charge is 0.494 e. The zero-order chi connectivity index (χ0) is 22.5. The Morgan fingerprint density at radius 2 is 1.91 bits per heavy atom. The molecule has 1 aromatic carbocycles. The van der Waals surface area contributed by atoms with Crippen molar-refractivity contribution in [1.29, 1.82) is 0 Å². The van der Waals surface area contributed by atoms with Crippen LogP contribution in [0, 0.1) is 0 Å². The Balaban J connectivity index is 1.71. The number of ether oxygens (including phenoxy) is 1. The number of thiophene rings is 1. The highest BCUT2D eigenvalue weighted by Crippen LogP contribution is 2.40. The van der Waals surface area contributed by atoms with Crippen LogP contribution in [-0.2, 0) is 6.42 Å². The van der Waals surface area contributed by atoms with Gasteiger partial charge in [-0.3, -0.25) is 9.69 Å². The standard InChI is InChI=1S/C25H31N3O3S/c1-4-20-17-21(25(32-20)26-24(29)22-7-6-16-31-22)23(28-14-12-27(3)13-15-28)18-8-10-19(11-9-18)30-5-2/h6-11,16-17,23H,4-5,12-15H2,1-3H3,(H,26,29)/t23-/m1/s1. The molecular weight excluding hydrogens is 422 g/mol. The van der Waals surface area contributed by atoms with Crippen molar-refractivity contribution in [2.75, 3.05) is 45.2 Å². The van der Waals surface area contributed by atoms with E-state index in [1.807, 2.05) is 19.1 Å². The number of likely N-dealkylation sites (N-methyl/N-ethyl adjacent to an activating group) is 1. The lowest BCUT2D eigenvalue weighted by Gasteiger charge is -2.38. The fraction of sp³-hybridized carbons (Fsp3) is 0.400. The molecule has 0 spiro atoms. The van der Waals surface area contributed by atoms with E-state index in [-0.39, 0.29) is 11.9 Å². The minimum Gasteiger partial charge on any atom is -0.494 e. The molecule has 1 atom stereocenters. The van der Waals surface area contributed by atoms with Crippen molar-refractivity contribution in [1.82, 2.24) is 9.80 Å². The van der Waals surface area contributed by atoms with Crippen LogP contribution in [0.15, 0.2) is 53.1 Å². The predicted octanol–water partition coefficient (Wildman–Crippen LogP) is 4.89. The molecule has 7 heteroatoms. The lowest BCUT2D eigenvalue weighted by Crippen LogP contribution is -2.46. The summed E-state index contributed by atoms with van der Waals surface area (Å²) < 4.78 is 11.0. The second kappa shape index (κ2) is 10.3. The maximum Gasteiger partial charge on any atom is 0.291 e. The molecule has 170 valence electrons. The van der Waals surface area contributed by atoms with Crippen molar-refractivity contribution in [2.24, 2.45) is 0 Å². The number of furan rings is 1. The topological polar surface area (TPSA) is 58.0 Å². The fourth-order valence-electron chi connectivity index (χ4n) is 4.09. The molecular formula is C25H31N3O3S. The number of piperazine rings is 1. The van der Waals surface area contributed by atoms with Crippen LogP contribution in [0.2, 0.25) is 0 Å². The average Bonchev–Trinajstić information content (AvgIpc) is 3.47. The molecule has 1 N–H and O–H groups in total. The molecule has 1 saturated heterocycles. The first-order valence-corrected chi connectivity index (χ1v) is 12.0. The van der Waals surface area contributed by atoms with Crippen molar-refractivity contribution < 1.29 is 13.9 Å². The molecule has 0 unspecified atom stereocenters. The number of nitrogens with one attached hydrogen (secondary N) is 1. The van der Waals surface area contributed by atoms with E-state index < -0.39 is 0 Å². The van der Waals surface area contributed by atoms with Crippen LogP contribution < -0.4 is 10.1 Å². The van der Waals surface area contributed by atoms with Gasteiger partial charge >= 0.3 is 0 Å². The van der Waals surface area contributed by atoms with E-state index >= 15 is 0 Å². The van der Waals surface area contributed by atoms with E-state index in [4.69, 9.17) is 9.15 Å². The third-order valence-corrected chi connectivity index (χ3v) is 7.05. The highest BCUT2D eigenvalue weighted by Gasteiger charge is 2.29. The van der Waals surface area contributed by atoms with E-state index in [0.29, 0.717) is 12.4 Å².